The normalized spacial score (nSPS) is 22.0. The minimum absolute atomic E-state index is 0.220. The zero-order valence-electron chi connectivity index (χ0n) is 9.58. The van der Waals surface area contributed by atoms with Gasteiger partial charge in [0.1, 0.15) is 17.7 Å². The van der Waals surface area contributed by atoms with Crippen molar-refractivity contribution in [1.82, 2.24) is 5.32 Å². The fourth-order valence-corrected chi connectivity index (χ4v) is 2.20. The summed E-state index contributed by atoms with van der Waals surface area (Å²) in [6.07, 6.45) is 2.39. The number of hydrogen-bond donors (Lipinski definition) is 1. The molecule has 1 unspecified atom stereocenters. The fourth-order valence-electron chi connectivity index (χ4n) is 2.20. The average molecular weight is 223 g/mol. The van der Waals surface area contributed by atoms with E-state index in [-0.39, 0.29) is 11.9 Å². The molecule has 0 aromatic heterocycles. The van der Waals surface area contributed by atoms with Crippen molar-refractivity contribution < 1.29 is 9.13 Å². The molecule has 0 spiro atoms. The van der Waals surface area contributed by atoms with Crippen LogP contribution in [0, 0.1) is 11.7 Å². The van der Waals surface area contributed by atoms with Gasteiger partial charge in [0.25, 0.3) is 0 Å². The first-order valence-electron chi connectivity index (χ1n) is 5.92. The predicted octanol–water partition coefficient (Wildman–Crippen LogP) is 2.59. The highest BCUT2D eigenvalue weighted by Gasteiger charge is 2.24. The van der Waals surface area contributed by atoms with Crippen molar-refractivity contribution in [2.75, 3.05) is 13.1 Å². The van der Waals surface area contributed by atoms with E-state index in [0.717, 1.165) is 25.3 Å². The number of hydrogen-bond acceptors (Lipinski definition) is 2. The monoisotopic (exact) mass is 223 g/mol. The third-order valence-electron chi connectivity index (χ3n) is 3.13. The molecule has 1 aromatic carbocycles. The molecule has 1 N–H and O–H groups in total. The topological polar surface area (TPSA) is 21.3 Å². The molecule has 1 heterocycles. The maximum absolute atomic E-state index is 12.7. The van der Waals surface area contributed by atoms with Gasteiger partial charge in [0.05, 0.1) is 0 Å². The highest BCUT2D eigenvalue weighted by Crippen LogP contribution is 2.22. The summed E-state index contributed by atoms with van der Waals surface area (Å²) >= 11 is 0. The molecule has 88 valence electrons. The average Bonchev–Trinajstić information content (AvgIpc) is 2.82. The van der Waals surface area contributed by atoms with Crippen molar-refractivity contribution in [3.8, 4) is 5.75 Å². The summed E-state index contributed by atoms with van der Waals surface area (Å²) in [5.74, 6) is 1.12. The molecule has 0 saturated carbocycles. The van der Waals surface area contributed by atoms with Gasteiger partial charge in [0, 0.05) is 12.5 Å². The van der Waals surface area contributed by atoms with Gasteiger partial charge >= 0.3 is 0 Å². The Kier molecular flexibility index (Phi) is 3.78. The van der Waals surface area contributed by atoms with Crippen molar-refractivity contribution in [2.24, 2.45) is 5.92 Å². The number of halogens is 1. The van der Waals surface area contributed by atoms with Gasteiger partial charge in [0.15, 0.2) is 0 Å². The van der Waals surface area contributed by atoms with Crippen LogP contribution in [0.25, 0.3) is 0 Å². The first-order chi connectivity index (χ1) is 7.79. The van der Waals surface area contributed by atoms with Crippen LogP contribution in [-0.4, -0.2) is 19.2 Å². The standard InChI is InChI=1S/C13H18FNO/c1-2-13(10-7-8-15-9-10)16-12-5-3-11(14)4-6-12/h3-6,10,13,15H,2,7-9H2,1H3/t10?,13-/m0/s1. The lowest BCUT2D eigenvalue weighted by atomic mass is 9.99. The molecule has 1 aliphatic heterocycles. The lowest BCUT2D eigenvalue weighted by molar-refractivity contribution is 0.138. The maximum atomic E-state index is 12.7. The number of nitrogens with one attached hydrogen (secondary N) is 1. The minimum Gasteiger partial charge on any atom is -0.490 e. The summed E-state index contributed by atoms with van der Waals surface area (Å²) in [6, 6.07) is 6.27. The third kappa shape index (κ3) is 2.73. The number of rotatable bonds is 4. The molecular weight excluding hydrogens is 205 g/mol. The van der Waals surface area contributed by atoms with Crippen LogP contribution in [0.1, 0.15) is 19.8 Å². The molecule has 1 saturated heterocycles. The van der Waals surface area contributed by atoms with Gasteiger partial charge in [-0.05, 0) is 43.7 Å². The van der Waals surface area contributed by atoms with E-state index in [1.807, 2.05) is 0 Å². The summed E-state index contributed by atoms with van der Waals surface area (Å²) in [7, 11) is 0. The van der Waals surface area contributed by atoms with Crippen LogP contribution in [0.3, 0.4) is 0 Å². The summed E-state index contributed by atoms with van der Waals surface area (Å²) in [4.78, 5) is 0. The molecule has 16 heavy (non-hydrogen) atoms. The number of benzene rings is 1. The van der Waals surface area contributed by atoms with E-state index in [1.54, 1.807) is 12.1 Å². The fraction of sp³-hybridized carbons (Fsp3) is 0.538. The van der Waals surface area contributed by atoms with Crippen molar-refractivity contribution in [2.45, 2.75) is 25.9 Å². The Morgan fingerprint density at radius 3 is 2.75 bits per heavy atom. The van der Waals surface area contributed by atoms with Crippen LogP contribution in [-0.2, 0) is 0 Å². The lowest BCUT2D eigenvalue weighted by Crippen LogP contribution is -2.28. The van der Waals surface area contributed by atoms with E-state index in [2.05, 4.69) is 12.2 Å². The van der Waals surface area contributed by atoms with Gasteiger partial charge in [0.2, 0.25) is 0 Å². The number of ether oxygens (including phenoxy) is 1. The Morgan fingerprint density at radius 1 is 1.44 bits per heavy atom. The molecule has 0 aliphatic carbocycles. The van der Waals surface area contributed by atoms with E-state index < -0.39 is 0 Å². The Bertz CT molecular complexity index is 319. The van der Waals surface area contributed by atoms with E-state index in [1.165, 1.54) is 18.6 Å². The SMILES string of the molecule is CC[C@H](Oc1ccc(F)cc1)C1CCNC1. The Hall–Kier alpha value is -1.09. The molecule has 1 aliphatic rings. The summed E-state index contributed by atoms with van der Waals surface area (Å²) < 4.78 is 18.6. The largest absolute Gasteiger partial charge is 0.490 e. The first kappa shape index (κ1) is 11.4. The first-order valence-corrected chi connectivity index (χ1v) is 5.92. The zero-order valence-corrected chi connectivity index (χ0v) is 9.58. The molecule has 2 atom stereocenters. The van der Waals surface area contributed by atoms with E-state index >= 15 is 0 Å². The van der Waals surface area contributed by atoms with Crippen molar-refractivity contribution >= 4 is 0 Å². The van der Waals surface area contributed by atoms with Gasteiger partial charge in [-0.3, -0.25) is 0 Å². The van der Waals surface area contributed by atoms with Crippen LogP contribution >= 0.6 is 0 Å². The molecule has 1 aromatic rings. The highest BCUT2D eigenvalue weighted by molar-refractivity contribution is 5.22. The molecule has 1 fully saturated rings. The van der Waals surface area contributed by atoms with Crippen LogP contribution < -0.4 is 10.1 Å². The van der Waals surface area contributed by atoms with Crippen LogP contribution in [0.15, 0.2) is 24.3 Å². The van der Waals surface area contributed by atoms with Crippen LogP contribution in [0.5, 0.6) is 5.75 Å². The Labute approximate surface area is 95.8 Å². The van der Waals surface area contributed by atoms with Gasteiger partial charge in [-0.25, -0.2) is 4.39 Å². The van der Waals surface area contributed by atoms with Crippen LogP contribution in [0.2, 0.25) is 0 Å². The van der Waals surface area contributed by atoms with Gasteiger partial charge < -0.3 is 10.1 Å². The molecule has 0 bridgehead atoms. The summed E-state index contributed by atoms with van der Waals surface area (Å²) in [6.45, 7) is 4.24. The van der Waals surface area contributed by atoms with Crippen molar-refractivity contribution in [3.63, 3.8) is 0 Å². The zero-order chi connectivity index (χ0) is 11.4. The molecular formula is C13H18FNO. The second-order valence-corrected chi connectivity index (χ2v) is 4.27. The molecule has 0 radical (unpaired) electrons. The second kappa shape index (κ2) is 5.30. The lowest BCUT2D eigenvalue weighted by Gasteiger charge is -2.23. The Morgan fingerprint density at radius 2 is 2.19 bits per heavy atom. The molecule has 2 nitrogen and oxygen atoms in total. The van der Waals surface area contributed by atoms with Crippen molar-refractivity contribution in [3.05, 3.63) is 30.1 Å². The minimum atomic E-state index is -0.220. The van der Waals surface area contributed by atoms with E-state index in [0.29, 0.717) is 5.92 Å². The summed E-state index contributed by atoms with van der Waals surface area (Å²) in [5, 5.41) is 3.34. The van der Waals surface area contributed by atoms with E-state index in [4.69, 9.17) is 4.74 Å². The summed E-state index contributed by atoms with van der Waals surface area (Å²) in [5.41, 5.74) is 0. The molecule has 2 rings (SSSR count). The van der Waals surface area contributed by atoms with Crippen LogP contribution in [0.4, 0.5) is 4.39 Å². The van der Waals surface area contributed by atoms with Gasteiger partial charge in [-0.1, -0.05) is 6.92 Å². The van der Waals surface area contributed by atoms with E-state index in [9.17, 15) is 4.39 Å². The van der Waals surface area contributed by atoms with Gasteiger partial charge in [-0.2, -0.15) is 0 Å². The third-order valence-corrected chi connectivity index (χ3v) is 3.13. The van der Waals surface area contributed by atoms with Crippen molar-refractivity contribution in [1.29, 1.82) is 0 Å². The maximum Gasteiger partial charge on any atom is 0.123 e. The smallest absolute Gasteiger partial charge is 0.123 e. The molecule has 3 heteroatoms. The van der Waals surface area contributed by atoms with Gasteiger partial charge in [-0.15, -0.1) is 0 Å². The Balaban J connectivity index is 1.97. The quantitative estimate of drug-likeness (QED) is 0.847. The molecule has 0 amide bonds. The second-order valence-electron chi connectivity index (χ2n) is 4.27. The highest BCUT2D eigenvalue weighted by atomic mass is 19.1. The predicted molar refractivity (Wildman–Crippen MR) is 62.1 cm³/mol.